The summed E-state index contributed by atoms with van der Waals surface area (Å²) in [5, 5.41) is 0. The van der Waals surface area contributed by atoms with Crippen LogP contribution in [0.5, 0.6) is 0 Å². The quantitative estimate of drug-likeness (QED) is 0.668. The van der Waals surface area contributed by atoms with Crippen LogP contribution in [0.3, 0.4) is 0 Å². The van der Waals surface area contributed by atoms with Crippen molar-refractivity contribution in [3.05, 3.63) is 0 Å². The number of hydrogen-bond acceptors (Lipinski definition) is 3. The second-order valence-corrected chi connectivity index (χ2v) is 7.14. The van der Waals surface area contributed by atoms with Gasteiger partial charge in [-0.05, 0) is 31.1 Å². The van der Waals surface area contributed by atoms with Crippen molar-refractivity contribution in [3.63, 3.8) is 0 Å². The second-order valence-electron chi connectivity index (χ2n) is 5.73. The van der Waals surface area contributed by atoms with Crippen LogP contribution in [0.25, 0.3) is 0 Å². The van der Waals surface area contributed by atoms with E-state index < -0.39 is 7.82 Å². The molecule has 114 valence electrons. The molecule has 19 heavy (non-hydrogen) atoms. The Hall–Kier alpha value is 0.110. The highest BCUT2D eigenvalue weighted by Gasteiger charge is 2.31. The molecule has 0 heterocycles. The molecule has 1 aliphatic rings. The van der Waals surface area contributed by atoms with Gasteiger partial charge in [0.1, 0.15) is 0 Å². The minimum Gasteiger partial charge on any atom is -0.302 e. The number of phosphoric ester groups is 1. The maximum atomic E-state index is 12.0. The Morgan fingerprint density at radius 2 is 2.00 bits per heavy atom. The van der Waals surface area contributed by atoms with Crippen LogP contribution in [-0.4, -0.2) is 17.6 Å². The summed E-state index contributed by atoms with van der Waals surface area (Å²) in [6.07, 6.45) is 7.12. The van der Waals surface area contributed by atoms with Gasteiger partial charge in [-0.2, -0.15) is 0 Å². The number of phosphoric acid groups is 1. The molecule has 0 radical (unpaired) electrons. The van der Waals surface area contributed by atoms with Gasteiger partial charge in [0.25, 0.3) is 0 Å². The van der Waals surface area contributed by atoms with E-state index in [1.54, 1.807) is 0 Å². The third kappa shape index (κ3) is 6.40. The van der Waals surface area contributed by atoms with Crippen molar-refractivity contribution in [1.29, 1.82) is 0 Å². The molecular formula is C14H29O4P. The SMILES string of the molecule is CCCC(CC)COP(=O)(O)OC1CCCCC1C. The van der Waals surface area contributed by atoms with E-state index in [0.717, 1.165) is 38.5 Å². The van der Waals surface area contributed by atoms with E-state index in [-0.39, 0.29) is 6.10 Å². The lowest BCUT2D eigenvalue weighted by molar-refractivity contribution is 0.0457. The zero-order valence-electron chi connectivity index (χ0n) is 12.5. The van der Waals surface area contributed by atoms with Crippen LogP contribution in [0, 0.1) is 11.8 Å². The number of rotatable bonds is 8. The molecule has 0 bridgehead atoms. The van der Waals surface area contributed by atoms with E-state index in [1.165, 1.54) is 6.42 Å². The molecule has 0 aromatic carbocycles. The fraction of sp³-hybridized carbons (Fsp3) is 1.00. The monoisotopic (exact) mass is 292 g/mol. The Kier molecular flexibility index (Phi) is 7.60. The van der Waals surface area contributed by atoms with Crippen LogP contribution >= 0.6 is 7.82 Å². The zero-order valence-corrected chi connectivity index (χ0v) is 13.4. The highest BCUT2D eigenvalue weighted by atomic mass is 31.2. The summed E-state index contributed by atoms with van der Waals surface area (Å²) in [6, 6.07) is 0. The first kappa shape index (κ1) is 17.2. The van der Waals surface area contributed by atoms with Gasteiger partial charge in [0.2, 0.25) is 0 Å². The summed E-state index contributed by atoms with van der Waals surface area (Å²) >= 11 is 0. The predicted octanol–water partition coefficient (Wildman–Crippen LogP) is 4.53. The first-order chi connectivity index (χ1) is 8.98. The van der Waals surface area contributed by atoms with Gasteiger partial charge >= 0.3 is 7.82 Å². The molecule has 4 nitrogen and oxygen atoms in total. The van der Waals surface area contributed by atoms with Gasteiger partial charge in [-0.1, -0.05) is 46.5 Å². The molecule has 0 saturated heterocycles. The molecule has 0 aromatic heterocycles. The van der Waals surface area contributed by atoms with Crippen LogP contribution in [-0.2, 0) is 13.6 Å². The Labute approximate surface area is 117 Å². The largest absolute Gasteiger partial charge is 0.472 e. The van der Waals surface area contributed by atoms with E-state index in [1.807, 2.05) is 0 Å². The molecule has 4 atom stereocenters. The number of hydrogen-bond donors (Lipinski definition) is 1. The van der Waals surface area contributed by atoms with Crippen molar-refractivity contribution in [2.75, 3.05) is 6.61 Å². The molecule has 1 saturated carbocycles. The predicted molar refractivity (Wildman–Crippen MR) is 77.0 cm³/mol. The highest BCUT2D eigenvalue weighted by molar-refractivity contribution is 7.47. The second kappa shape index (κ2) is 8.41. The lowest BCUT2D eigenvalue weighted by Gasteiger charge is -2.30. The van der Waals surface area contributed by atoms with E-state index in [4.69, 9.17) is 9.05 Å². The Morgan fingerprint density at radius 1 is 1.32 bits per heavy atom. The van der Waals surface area contributed by atoms with Crippen molar-refractivity contribution in [2.24, 2.45) is 11.8 Å². The fourth-order valence-corrected chi connectivity index (χ4v) is 3.77. The minimum absolute atomic E-state index is 0.129. The molecule has 0 amide bonds. The average Bonchev–Trinajstić information content (AvgIpc) is 2.37. The fourth-order valence-electron chi connectivity index (χ4n) is 2.65. The molecule has 0 aliphatic heterocycles. The molecule has 1 fully saturated rings. The summed E-state index contributed by atoms with van der Waals surface area (Å²) in [6.45, 7) is 6.59. The average molecular weight is 292 g/mol. The zero-order chi connectivity index (χ0) is 14.3. The Bertz CT molecular complexity index is 295. The molecule has 0 spiro atoms. The van der Waals surface area contributed by atoms with E-state index in [0.29, 0.717) is 18.4 Å². The van der Waals surface area contributed by atoms with Crippen LogP contribution < -0.4 is 0 Å². The topological polar surface area (TPSA) is 55.8 Å². The van der Waals surface area contributed by atoms with Gasteiger partial charge < -0.3 is 4.89 Å². The molecule has 1 rings (SSSR count). The van der Waals surface area contributed by atoms with Crippen molar-refractivity contribution < 1.29 is 18.5 Å². The lowest BCUT2D eigenvalue weighted by Crippen LogP contribution is -2.25. The third-order valence-electron chi connectivity index (χ3n) is 4.05. The van der Waals surface area contributed by atoms with Crippen LogP contribution in [0.4, 0.5) is 0 Å². The molecule has 1 aliphatic carbocycles. The van der Waals surface area contributed by atoms with Gasteiger partial charge in [-0.3, -0.25) is 9.05 Å². The normalized spacial score (nSPS) is 28.8. The van der Waals surface area contributed by atoms with Gasteiger partial charge in [0.15, 0.2) is 0 Å². The van der Waals surface area contributed by atoms with E-state index >= 15 is 0 Å². The van der Waals surface area contributed by atoms with Gasteiger partial charge in [0.05, 0.1) is 12.7 Å². The van der Waals surface area contributed by atoms with E-state index in [9.17, 15) is 9.46 Å². The summed E-state index contributed by atoms with van der Waals surface area (Å²) < 4.78 is 22.5. The maximum absolute atomic E-state index is 12.0. The van der Waals surface area contributed by atoms with E-state index in [2.05, 4.69) is 20.8 Å². The molecule has 4 unspecified atom stereocenters. The van der Waals surface area contributed by atoms with Crippen molar-refractivity contribution >= 4 is 7.82 Å². The molecule has 5 heteroatoms. The third-order valence-corrected chi connectivity index (χ3v) is 5.06. The van der Waals surface area contributed by atoms with Gasteiger partial charge in [0, 0.05) is 0 Å². The summed E-state index contributed by atoms with van der Waals surface area (Å²) in [5.41, 5.74) is 0. The summed E-state index contributed by atoms with van der Waals surface area (Å²) in [7, 11) is -3.89. The Morgan fingerprint density at radius 3 is 2.58 bits per heavy atom. The van der Waals surface area contributed by atoms with Crippen molar-refractivity contribution in [2.45, 2.75) is 71.8 Å². The first-order valence-electron chi connectivity index (χ1n) is 7.64. The van der Waals surface area contributed by atoms with Crippen LogP contribution in [0.1, 0.15) is 65.7 Å². The molecule has 0 aromatic rings. The first-order valence-corrected chi connectivity index (χ1v) is 9.13. The van der Waals surface area contributed by atoms with Crippen LogP contribution in [0.2, 0.25) is 0 Å². The summed E-state index contributed by atoms with van der Waals surface area (Å²) in [5.74, 6) is 0.688. The smallest absolute Gasteiger partial charge is 0.302 e. The van der Waals surface area contributed by atoms with Crippen molar-refractivity contribution in [1.82, 2.24) is 0 Å². The summed E-state index contributed by atoms with van der Waals surface area (Å²) in [4.78, 5) is 9.81. The van der Waals surface area contributed by atoms with Gasteiger partial charge in [-0.15, -0.1) is 0 Å². The molecular weight excluding hydrogens is 263 g/mol. The Balaban J connectivity index is 2.39. The van der Waals surface area contributed by atoms with Crippen molar-refractivity contribution in [3.8, 4) is 0 Å². The van der Waals surface area contributed by atoms with Crippen LogP contribution in [0.15, 0.2) is 0 Å². The molecule has 1 N–H and O–H groups in total. The lowest BCUT2D eigenvalue weighted by atomic mass is 9.88. The minimum atomic E-state index is -3.89. The highest BCUT2D eigenvalue weighted by Crippen LogP contribution is 2.48. The standard InChI is InChI=1S/C14H29O4P/c1-4-8-13(5-2)11-17-19(15,16)18-14-10-7-6-9-12(14)3/h12-14H,4-11H2,1-3H3,(H,15,16). The maximum Gasteiger partial charge on any atom is 0.472 e. The van der Waals surface area contributed by atoms with Gasteiger partial charge in [-0.25, -0.2) is 4.57 Å².